The lowest BCUT2D eigenvalue weighted by Crippen LogP contribution is -2.47. The molecule has 1 unspecified atom stereocenters. The number of nitrogens with one attached hydrogen (secondary N) is 1. The molecule has 1 aromatic carbocycles. The normalized spacial score (nSPS) is 19.2. The molecule has 0 aliphatic carbocycles. The molecular formula is C25H31N7O3. The van der Waals surface area contributed by atoms with Gasteiger partial charge in [0.25, 0.3) is 0 Å². The highest BCUT2D eigenvalue weighted by Crippen LogP contribution is 2.32. The lowest BCUT2D eigenvalue weighted by molar-refractivity contribution is -0.127. The first-order valence-electron chi connectivity index (χ1n) is 12.1. The van der Waals surface area contributed by atoms with E-state index in [0.29, 0.717) is 29.3 Å². The molecule has 10 heteroatoms. The monoisotopic (exact) mass is 477 g/mol. The van der Waals surface area contributed by atoms with Crippen molar-refractivity contribution in [1.82, 2.24) is 24.9 Å². The fourth-order valence-electron chi connectivity index (χ4n) is 4.87. The molecule has 4 heterocycles. The van der Waals surface area contributed by atoms with E-state index >= 15 is 0 Å². The molecule has 2 aliphatic heterocycles. The molecule has 1 amide bonds. The topological polar surface area (TPSA) is 111 Å². The van der Waals surface area contributed by atoms with Gasteiger partial charge in [0.2, 0.25) is 11.9 Å². The van der Waals surface area contributed by atoms with E-state index in [9.17, 15) is 4.79 Å². The first-order valence-corrected chi connectivity index (χ1v) is 12.1. The quantitative estimate of drug-likeness (QED) is 0.496. The summed E-state index contributed by atoms with van der Waals surface area (Å²) in [5.41, 5.74) is 3.35. The van der Waals surface area contributed by atoms with Crippen LogP contribution in [-0.4, -0.2) is 88.4 Å². The van der Waals surface area contributed by atoms with E-state index in [1.807, 2.05) is 12.1 Å². The van der Waals surface area contributed by atoms with E-state index in [1.54, 1.807) is 11.1 Å². The number of piperidine rings is 1. The van der Waals surface area contributed by atoms with Crippen LogP contribution in [0.1, 0.15) is 24.5 Å². The molecule has 2 N–H and O–H groups in total. The molecule has 1 atom stereocenters. The Morgan fingerprint density at radius 3 is 2.74 bits per heavy atom. The minimum Gasteiger partial charge on any atom is -0.395 e. The van der Waals surface area contributed by atoms with Gasteiger partial charge in [0.05, 0.1) is 12.8 Å². The molecule has 2 fully saturated rings. The average molecular weight is 478 g/mol. The number of rotatable bonds is 7. The van der Waals surface area contributed by atoms with E-state index in [1.165, 1.54) is 11.8 Å². The van der Waals surface area contributed by atoms with E-state index in [-0.39, 0.29) is 18.4 Å². The predicted octanol–water partition coefficient (Wildman–Crippen LogP) is 2.37. The summed E-state index contributed by atoms with van der Waals surface area (Å²) in [6, 6.07) is 8.25. The summed E-state index contributed by atoms with van der Waals surface area (Å²) in [7, 11) is 0. The number of aromatic nitrogens is 3. The zero-order valence-corrected chi connectivity index (χ0v) is 19.8. The summed E-state index contributed by atoms with van der Waals surface area (Å²) < 4.78 is 5.66. The number of nitrogens with zero attached hydrogens (tertiary/aromatic N) is 6. The smallest absolute Gasteiger partial charge is 0.245 e. The van der Waals surface area contributed by atoms with Crippen LogP contribution in [0.4, 0.5) is 17.3 Å². The van der Waals surface area contributed by atoms with E-state index in [2.05, 4.69) is 44.0 Å². The summed E-state index contributed by atoms with van der Waals surface area (Å²) >= 11 is 0. The van der Waals surface area contributed by atoms with Crippen molar-refractivity contribution in [3.05, 3.63) is 48.9 Å². The highest BCUT2D eigenvalue weighted by molar-refractivity contribution is 5.87. The van der Waals surface area contributed by atoms with Gasteiger partial charge in [0.1, 0.15) is 5.52 Å². The van der Waals surface area contributed by atoms with E-state index in [4.69, 9.17) is 14.6 Å². The first-order chi connectivity index (χ1) is 17.1. The predicted molar refractivity (Wildman–Crippen MR) is 134 cm³/mol. The minimum absolute atomic E-state index is 0.0394. The number of likely N-dealkylation sites (tertiary alicyclic amines) is 1. The number of carbonyl (C=O) groups excluding carboxylic acids is 1. The third-order valence-corrected chi connectivity index (χ3v) is 6.80. The zero-order chi connectivity index (χ0) is 24.2. The molecule has 3 aromatic rings. The summed E-state index contributed by atoms with van der Waals surface area (Å²) in [5.74, 6) is 1.15. The van der Waals surface area contributed by atoms with Gasteiger partial charge in [0.15, 0.2) is 11.3 Å². The van der Waals surface area contributed by atoms with Crippen LogP contribution in [0.2, 0.25) is 0 Å². The lowest BCUT2D eigenvalue weighted by Gasteiger charge is -2.35. The second-order valence-corrected chi connectivity index (χ2v) is 9.03. The van der Waals surface area contributed by atoms with Crippen molar-refractivity contribution in [2.45, 2.75) is 18.8 Å². The van der Waals surface area contributed by atoms with Crippen LogP contribution in [-0.2, 0) is 4.79 Å². The van der Waals surface area contributed by atoms with Crippen molar-refractivity contribution in [3.63, 3.8) is 0 Å². The Labute approximate surface area is 204 Å². The fourth-order valence-corrected chi connectivity index (χ4v) is 4.87. The molecule has 35 heavy (non-hydrogen) atoms. The maximum atomic E-state index is 12.1. The van der Waals surface area contributed by atoms with Gasteiger partial charge in [-0.25, -0.2) is 9.97 Å². The highest BCUT2D eigenvalue weighted by Gasteiger charge is 2.29. The summed E-state index contributed by atoms with van der Waals surface area (Å²) in [6.45, 7) is 9.63. The molecule has 2 saturated heterocycles. The van der Waals surface area contributed by atoms with E-state index < -0.39 is 0 Å². The Hall–Kier alpha value is -3.50. The summed E-state index contributed by atoms with van der Waals surface area (Å²) in [4.78, 5) is 27.6. The first kappa shape index (κ1) is 23.3. The average Bonchev–Trinajstić information content (AvgIpc) is 3.33. The number of fused-ring (bicyclic) bond motifs is 1. The maximum Gasteiger partial charge on any atom is 0.245 e. The Morgan fingerprint density at radius 2 is 2.00 bits per heavy atom. The molecular weight excluding hydrogens is 446 g/mol. The molecule has 5 rings (SSSR count). The van der Waals surface area contributed by atoms with Crippen LogP contribution in [0.15, 0.2) is 47.6 Å². The number of anilines is 3. The van der Waals surface area contributed by atoms with Gasteiger partial charge in [-0.15, -0.1) is 0 Å². The number of benzene rings is 1. The molecule has 0 saturated carbocycles. The van der Waals surface area contributed by atoms with Crippen LogP contribution in [0, 0.1) is 0 Å². The van der Waals surface area contributed by atoms with Gasteiger partial charge < -0.3 is 24.7 Å². The van der Waals surface area contributed by atoms with Crippen LogP contribution in [0.5, 0.6) is 0 Å². The van der Waals surface area contributed by atoms with Crippen LogP contribution in [0.3, 0.4) is 0 Å². The number of piperazine rings is 1. The second-order valence-electron chi connectivity index (χ2n) is 9.03. The summed E-state index contributed by atoms with van der Waals surface area (Å²) in [6.07, 6.45) is 4.82. The van der Waals surface area contributed by atoms with Gasteiger partial charge >= 0.3 is 0 Å². The lowest BCUT2D eigenvalue weighted by atomic mass is 9.95. The van der Waals surface area contributed by atoms with Gasteiger partial charge in [0, 0.05) is 63.1 Å². The number of aliphatic hydroxyl groups excluding tert-OH is 1. The number of hydrogen-bond acceptors (Lipinski definition) is 9. The van der Waals surface area contributed by atoms with Crippen molar-refractivity contribution < 1.29 is 14.4 Å². The van der Waals surface area contributed by atoms with Gasteiger partial charge in [-0.3, -0.25) is 9.69 Å². The zero-order valence-electron chi connectivity index (χ0n) is 19.8. The van der Waals surface area contributed by atoms with Crippen molar-refractivity contribution in [3.8, 4) is 0 Å². The van der Waals surface area contributed by atoms with Crippen LogP contribution < -0.4 is 10.2 Å². The van der Waals surface area contributed by atoms with Crippen molar-refractivity contribution in [2.24, 2.45) is 0 Å². The van der Waals surface area contributed by atoms with Gasteiger partial charge in [-0.1, -0.05) is 11.7 Å². The molecule has 0 spiro atoms. The largest absolute Gasteiger partial charge is 0.395 e. The maximum absolute atomic E-state index is 12.1. The number of amides is 1. The molecule has 0 bridgehead atoms. The molecule has 2 aliphatic rings. The Kier molecular flexibility index (Phi) is 6.91. The van der Waals surface area contributed by atoms with Crippen LogP contribution >= 0.6 is 0 Å². The number of β-amino-alcohol motifs (C(OH)–C–C–N with tert-alkyl or cyclic N) is 1. The molecule has 184 valence electrons. The third-order valence-electron chi connectivity index (χ3n) is 6.80. The van der Waals surface area contributed by atoms with Crippen LogP contribution in [0.25, 0.3) is 11.0 Å². The van der Waals surface area contributed by atoms with Crippen molar-refractivity contribution >= 4 is 34.3 Å². The van der Waals surface area contributed by atoms with Gasteiger partial charge in [-0.2, -0.15) is 0 Å². The van der Waals surface area contributed by atoms with Crippen molar-refractivity contribution in [2.75, 3.05) is 62.6 Å². The number of hydrogen-bond donors (Lipinski definition) is 2. The Morgan fingerprint density at radius 1 is 1.20 bits per heavy atom. The SMILES string of the molecule is C=CC(=O)N1CCCC(c2onc3cnc(Nc4ccc(N5CCN(CCO)CC5)cc4)nc23)C1. The highest BCUT2D eigenvalue weighted by atomic mass is 16.5. The standard InChI is InChI=1S/C25H31N7O3/c1-2-22(34)32-9-3-4-18(17-32)24-23-21(29-35-24)16-26-25(28-23)27-19-5-7-20(8-6-19)31-12-10-30(11-13-31)14-15-33/h2,5-8,16,18,33H,1,3-4,9-15,17H2,(H,27,28). The molecule has 2 aromatic heterocycles. The Bertz CT molecular complexity index is 1170. The summed E-state index contributed by atoms with van der Waals surface area (Å²) in [5, 5.41) is 16.5. The minimum atomic E-state index is -0.0639. The Balaban J connectivity index is 1.27. The van der Waals surface area contributed by atoms with E-state index in [0.717, 1.165) is 57.8 Å². The fraction of sp³-hybridized carbons (Fsp3) is 0.440. The molecule has 0 radical (unpaired) electrons. The van der Waals surface area contributed by atoms with Gasteiger partial charge in [-0.05, 0) is 43.2 Å². The number of aliphatic hydroxyl groups is 1. The second kappa shape index (κ2) is 10.4. The third kappa shape index (κ3) is 5.13. The molecule has 10 nitrogen and oxygen atoms in total. The van der Waals surface area contributed by atoms with Crippen molar-refractivity contribution in [1.29, 1.82) is 0 Å². The number of carbonyl (C=O) groups is 1.